The van der Waals surface area contributed by atoms with Crippen LogP contribution in [-0.2, 0) is 11.3 Å². The summed E-state index contributed by atoms with van der Waals surface area (Å²) < 4.78 is 5.97. The van der Waals surface area contributed by atoms with Crippen LogP contribution >= 0.6 is 15.9 Å². The number of halogens is 1. The SMILES string of the molecule is CC(C)(C)OC(=O)NNCc1ccc(Br)cn1. The molecule has 1 aromatic rings. The second-order valence-electron chi connectivity index (χ2n) is 4.45. The molecule has 0 aliphatic carbocycles. The Balaban J connectivity index is 2.28. The number of amides is 1. The molecule has 0 aliphatic rings. The van der Waals surface area contributed by atoms with Crippen molar-refractivity contribution < 1.29 is 9.53 Å². The van der Waals surface area contributed by atoms with Crippen molar-refractivity contribution in [3.05, 3.63) is 28.5 Å². The fourth-order valence-electron chi connectivity index (χ4n) is 1.02. The highest BCUT2D eigenvalue weighted by Crippen LogP contribution is 2.07. The Hall–Kier alpha value is -1.14. The number of carbonyl (C=O) groups excluding carboxylic acids is 1. The predicted octanol–water partition coefficient (Wildman–Crippen LogP) is 2.37. The molecule has 0 aliphatic heterocycles. The first kappa shape index (κ1) is 13.9. The van der Waals surface area contributed by atoms with Crippen molar-refractivity contribution in [1.82, 2.24) is 15.8 Å². The molecule has 0 unspecified atom stereocenters. The predicted molar refractivity (Wildman–Crippen MR) is 68.1 cm³/mol. The molecule has 2 N–H and O–H groups in total. The van der Waals surface area contributed by atoms with Crippen LogP contribution in [0.5, 0.6) is 0 Å². The fourth-order valence-corrected chi connectivity index (χ4v) is 1.26. The van der Waals surface area contributed by atoms with Gasteiger partial charge >= 0.3 is 6.09 Å². The van der Waals surface area contributed by atoms with Crippen LogP contribution in [0.4, 0.5) is 4.79 Å². The van der Waals surface area contributed by atoms with Crippen LogP contribution in [0, 0.1) is 0 Å². The van der Waals surface area contributed by atoms with E-state index >= 15 is 0 Å². The van der Waals surface area contributed by atoms with Gasteiger partial charge < -0.3 is 4.74 Å². The second-order valence-corrected chi connectivity index (χ2v) is 5.36. The van der Waals surface area contributed by atoms with E-state index in [-0.39, 0.29) is 0 Å². The molecule has 0 bridgehead atoms. The van der Waals surface area contributed by atoms with E-state index in [0.717, 1.165) is 10.2 Å². The molecule has 17 heavy (non-hydrogen) atoms. The Morgan fingerprint density at radius 2 is 2.18 bits per heavy atom. The second kappa shape index (κ2) is 5.97. The van der Waals surface area contributed by atoms with Gasteiger partial charge in [0.05, 0.1) is 12.2 Å². The Kier molecular flexibility index (Phi) is 4.89. The lowest BCUT2D eigenvalue weighted by Gasteiger charge is -2.19. The Labute approximate surface area is 109 Å². The number of hydrogen-bond acceptors (Lipinski definition) is 4. The highest BCUT2D eigenvalue weighted by atomic mass is 79.9. The molecule has 6 heteroatoms. The summed E-state index contributed by atoms with van der Waals surface area (Å²) in [6.07, 6.45) is 1.19. The number of hydrazine groups is 1. The molecule has 5 nitrogen and oxygen atoms in total. The number of nitrogens with one attached hydrogen (secondary N) is 2. The normalized spacial score (nSPS) is 11.1. The zero-order valence-electron chi connectivity index (χ0n) is 10.1. The molecule has 0 spiro atoms. The number of ether oxygens (including phenoxy) is 1. The molecule has 0 saturated heterocycles. The van der Waals surface area contributed by atoms with Crippen LogP contribution in [0.15, 0.2) is 22.8 Å². The number of rotatable bonds is 3. The summed E-state index contributed by atoms with van der Waals surface area (Å²) in [7, 11) is 0. The maximum Gasteiger partial charge on any atom is 0.422 e. The first-order chi connectivity index (χ1) is 7.87. The number of hydrogen-bond donors (Lipinski definition) is 2. The maximum absolute atomic E-state index is 11.3. The van der Waals surface area contributed by atoms with Crippen LogP contribution in [0.2, 0.25) is 0 Å². The lowest BCUT2D eigenvalue weighted by Crippen LogP contribution is -2.40. The van der Waals surface area contributed by atoms with Gasteiger partial charge in [0.1, 0.15) is 5.60 Å². The van der Waals surface area contributed by atoms with Crippen molar-refractivity contribution in [1.29, 1.82) is 0 Å². The van der Waals surface area contributed by atoms with Gasteiger partial charge in [-0.25, -0.2) is 10.2 Å². The molecule has 0 saturated carbocycles. The minimum atomic E-state index is -0.505. The molecule has 94 valence electrons. The number of pyridine rings is 1. The first-order valence-electron chi connectivity index (χ1n) is 5.19. The Bertz CT molecular complexity index is 373. The molecule has 0 radical (unpaired) electrons. The number of carbonyl (C=O) groups is 1. The third kappa shape index (κ3) is 6.23. The summed E-state index contributed by atoms with van der Waals surface area (Å²) in [5, 5.41) is 0. The van der Waals surface area contributed by atoms with E-state index in [1.54, 1.807) is 6.20 Å². The molecule has 0 atom stereocenters. The summed E-state index contributed by atoms with van der Waals surface area (Å²) in [6.45, 7) is 5.86. The van der Waals surface area contributed by atoms with Crippen molar-refractivity contribution in [2.24, 2.45) is 0 Å². The summed E-state index contributed by atoms with van der Waals surface area (Å²) >= 11 is 3.30. The Morgan fingerprint density at radius 1 is 1.47 bits per heavy atom. The molecule has 0 aromatic carbocycles. The van der Waals surface area contributed by atoms with E-state index in [1.807, 2.05) is 32.9 Å². The van der Waals surface area contributed by atoms with Crippen LogP contribution in [0.25, 0.3) is 0 Å². The average molecular weight is 302 g/mol. The van der Waals surface area contributed by atoms with E-state index in [1.165, 1.54) is 0 Å². The molecular formula is C11H16BrN3O2. The minimum Gasteiger partial charge on any atom is -0.443 e. The average Bonchev–Trinajstić information content (AvgIpc) is 2.18. The Morgan fingerprint density at radius 3 is 2.71 bits per heavy atom. The van der Waals surface area contributed by atoms with Crippen molar-refractivity contribution in [2.75, 3.05) is 0 Å². The largest absolute Gasteiger partial charge is 0.443 e. The third-order valence-electron chi connectivity index (χ3n) is 1.65. The van der Waals surface area contributed by atoms with E-state index < -0.39 is 11.7 Å². The smallest absolute Gasteiger partial charge is 0.422 e. The first-order valence-corrected chi connectivity index (χ1v) is 5.98. The standard InChI is InChI=1S/C11H16BrN3O2/c1-11(2,3)17-10(16)15-14-7-9-5-4-8(12)6-13-9/h4-6,14H,7H2,1-3H3,(H,15,16). The van der Waals surface area contributed by atoms with Gasteiger partial charge in [0.15, 0.2) is 0 Å². The highest BCUT2D eigenvalue weighted by Gasteiger charge is 2.15. The monoisotopic (exact) mass is 301 g/mol. The van der Waals surface area contributed by atoms with Crippen LogP contribution in [-0.4, -0.2) is 16.7 Å². The van der Waals surface area contributed by atoms with E-state index in [0.29, 0.717) is 6.54 Å². The summed E-state index contributed by atoms with van der Waals surface area (Å²) in [5.74, 6) is 0. The molecule has 0 fully saturated rings. The van der Waals surface area contributed by atoms with Crippen LogP contribution < -0.4 is 10.9 Å². The summed E-state index contributed by atoms with van der Waals surface area (Å²) in [5.41, 5.74) is 5.51. The zero-order valence-corrected chi connectivity index (χ0v) is 11.7. The van der Waals surface area contributed by atoms with Crippen LogP contribution in [0.3, 0.4) is 0 Å². The van der Waals surface area contributed by atoms with Gasteiger partial charge in [-0.3, -0.25) is 10.4 Å². The maximum atomic E-state index is 11.3. The highest BCUT2D eigenvalue weighted by molar-refractivity contribution is 9.10. The van der Waals surface area contributed by atoms with Gasteiger partial charge in [0, 0.05) is 10.7 Å². The van der Waals surface area contributed by atoms with Gasteiger partial charge in [-0.15, -0.1) is 0 Å². The summed E-state index contributed by atoms with van der Waals surface area (Å²) in [6, 6.07) is 3.74. The third-order valence-corrected chi connectivity index (χ3v) is 2.12. The fraction of sp³-hybridized carbons (Fsp3) is 0.455. The van der Waals surface area contributed by atoms with Gasteiger partial charge in [0.25, 0.3) is 0 Å². The van der Waals surface area contributed by atoms with E-state index in [2.05, 4.69) is 31.8 Å². The van der Waals surface area contributed by atoms with Crippen molar-refractivity contribution in [3.8, 4) is 0 Å². The van der Waals surface area contributed by atoms with Crippen molar-refractivity contribution >= 4 is 22.0 Å². The van der Waals surface area contributed by atoms with Gasteiger partial charge in [0.2, 0.25) is 0 Å². The van der Waals surface area contributed by atoms with Crippen molar-refractivity contribution in [2.45, 2.75) is 32.9 Å². The molecule has 1 heterocycles. The molecule has 1 aromatic heterocycles. The van der Waals surface area contributed by atoms with E-state index in [9.17, 15) is 4.79 Å². The number of aromatic nitrogens is 1. The zero-order chi connectivity index (χ0) is 12.9. The van der Waals surface area contributed by atoms with Gasteiger partial charge in [-0.1, -0.05) is 0 Å². The quantitative estimate of drug-likeness (QED) is 0.842. The lowest BCUT2D eigenvalue weighted by molar-refractivity contribution is 0.0497. The summed E-state index contributed by atoms with van der Waals surface area (Å²) in [4.78, 5) is 15.4. The van der Waals surface area contributed by atoms with Gasteiger partial charge in [-0.2, -0.15) is 0 Å². The lowest BCUT2D eigenvalue weighted by atomic mass is 10.2. The van der Waals surface area contributed by atoms with Gasteiger partial charge in [-0.05, 0) is 48.8 Å². The minimum absolute atomic E-state index is 0.437. The molecular weight excluding hydrogens is 286 g/mol. The van der Waals surface area contributed by atoms with Crippen molar-refractivity contribution in [3.63, 3.8) is 0 Å². The number of nitrogens with zero attached hydrogens (tertiary/aromatic N) is 1. The molecule has 1 rings (SSSR count). The van der Waals surface area contributed by atoms with Crippen LogP contribution in [0.1, 0.15) is 26.5 Å². The molecule has 1 amide bonds. The van der Waals surface area contributed by atoms with E-state index in [4.69, 9.17) is 4.74 Å². The topological polar surface area (TPSA) is 63.2 Å².